The van der Waals surface area contributed by atoms with Gasteiger partial charge in [0.05, 0.1) is 5.69 Å². The summed E-state index contributed by atoms with van der Waals surface area (Å²) in [7, 11) is 1.64. The van der Waals surface area contributed by atoms with Gasteiger partial charge in [-0.25, -0.2) is 9.97 Å². The normalized spacial score (nSPS) is 12.9. The summed E-state index contributed by atoms with van der Waals surface area (Å²) in [4.78, 5) is 8.52. The molecule has 13 heavy (non-hydrogen) atoms. The summed E-state index contributed by atoms with van der Waals surface area (Å²) in [6, 6.07) is 1.88. The maximum Gasteiger partial charge on any atom is 0.157 e. The molecule has 0 bridgehead atoms. The van der Waals surface area contributed by atoms with Gasteiger partial charge in [0.25, 0.3) is 0 Å². The molecule has 0 fully saturated rings. The summed E-state index contributed by atoms with van der Waals surface area (Å²) in [6.07, 6.45) is -0.0785. The number of aromatic nitrogens is 2. The Bertz CT molecular complexity index is 288. The Morgan fingerprint density at radius 2 is 2.23 bits per heavy atom. The molecule has 0 spiro atoms. The van der Waals surface area contributed by atoms with Gasteiger partial charge < -0.3 is 10.5 Å². The third kappa shape index (κ3) is 2.47. The molecule has 4 heteroatoms. The van der Waals surface area contributed by atoms with E-state index < -0.39 is 0 Å². The van der Waals surface area contributed by atoms with Crippen LogP contribution in [0, 0.1) is 6.92 Å². The van der Waals surface area contributed by atoms with Gasteiger partial charge in [0.1, 0.15) is 6.10 Å². The topological polar surface area (TPSA) is 61.0 Å². The second-order valence-corrected chi connectivity index (χ2v) is 2.94. The lowest BCUT2D eigenvalue weighted by molar-refractivity contribution is 0.111. The smallest absolute Gasteiger partial charge is 0.157 e. The molecule has 1 heterocycles. The highest BCUT2D eigenvalue weighted by molar-refractivity contribution is 5.10. The van der Waals surface area contributed by atoms with E-state index in [9.17, 15) is 0 Å². The SMILES string of the molecule is COC(C)c1nc(C)cc(CN)n1. The van der Waals surface area contributed by atoms with Gasteiger partial charge in [0.2, 0.25) is 0 Å². The van der Waals surface area contributed by atoms with Gasteiger partial charge >= 0.3 is 0 Å². The van der Waals surface area contributed by atoms with Crippen LogP contribution in [0.4, 0.5) is 0 Å². The zero-order valence-electron chi connectivity index (χ0n) is 8.24. The minimum atomic E-state index is -0.0785. The van der Waals surface area contributed by atoms with E-state index in [1.54, 1.807) is 7.11 Å². The summed E-state index contributed by atoms with van der Waals surface area (Å²) in [6.45, 7) is 4.27. The fourth-order valence-electron chi connectivity index (χ4n) is 1.05. The molecule has 2 N–H and O–H groups in total. The largest absolute Gasteiger partial charge is 0.374 e. The number of hydrogen-bond donors (Lipinski definition) is 1. The molecular formula is C9H15N3O. The molecular weight excluding hydrogens is 166 g/mol. The Labute approximate surface area is 78.1 Å². The van der Waals surface area contributed by atoms with E-state index in [0.717, 1.165) is 11.4 Å². The fraction of sp³-hybridized carbons (Fsp3) is 0.556. The van der Waals surface area contributed by atoms with Crippen molar-refractivity contribution in [2.24, 2.45) is 5.73 Å². The maximum absolute atomic E-state index is 5.50. The monoisotopic (exact) mass is 181 g/mol. The van der Waals surface area contributed by atoms with E-state index in [2.05, 4.69) is 9.97 Å². The number of methoxy groups -OCH3 is 1. The molecule has 0 aliphatic rings. The summed E-state index contributed by atoms with van der Waals surface area (Å²) >= 11 is 0. The van der Waals surface area contributed by atoms with Crippen molar-refractivity contribution in [3.05, 3.63) is 23.3 Å². The Morgan fingerprint density at radius 3 is 2.77 bits per heavy atom. The van der Waals surface area contributed by atoms with Crippen LogP contribution >= 0.6 is 0 Å². The maximum atomic E-state index is 5.50. The van der Waals surface area contributed by atoms with Gasteiger partial charge in [0, 0.05) is 19.3 Å². The average molecular weight is 181 g/mol. The van der Waals surface area contributed by atoms with E-state index in [1.807, 2.05) is 19.9 Å². The first-order valence-corrected chi connectivity index (χ1v) is 4.24. The van der Waals surface area contributed by atoms with Crippen molar-refractivity contribution in [2.75, 3.05) is 7.11 Å². The van der Waals surface area contributed by atoms with Crippen LogP contribution in [0.1, 0.15) is 30.2 Å². The van der Waals surface area contributed by atoms with Crippen molar-refractivity contribution in [1.82, 2.24) is 9.97 Å². The van der Waals surface area contributed by atoms with Crippen molar-refractivity contribution in [2.45, 2.75) is 26.5 Å². The van der Waals surface area contributed by atoms with Crippen LogP contribution in [-0.2, 0) is 11.3 Å². The summed E-state index contributed by atoms with van der Waals surface area (Å²) in [5.41, 5.74) is 7.28. The standard InChI is InChI=1S/C9H15N3O/c1-6-4-8(5-10)12-9(11-6)7(2)13-3/h4,7H,5,10H2,1-3H3. The lowest BCUT2D eigenvalue weighted by atomic mass is 10.3. The molecule has 0 saturated heterocycles. The number of rotatable bonds is 3. The quantitative estimate of drug-likeness (QED) is 0.754. The van der Waals surface area contributed by atoms with Crippen LogP contribution < -0.4 is 5.73 Å². The van der Waals surface area contributed by atoms with Crippen LogP contribution in [0.2, 0.25) is 0 Å². The van der Waals surface area contributed by atoms with Gasteiger partial charge in [-0.05, 0) is 19.9 Å². The minimum Gasteiger partial charge on any atom is -0.374 e. The molecule has 0 aliphatic heterocycles. The first-order chi connectivity index (χ1) is 6.17. The Hall–Kier alpha value is -1.00. The molecule has 1 rings (SSSR count). The molecule has 1 unspecified atom stereocenters. The number of aryl methyl sites for hydroxylation is 1. The van der Waals surface area contributed by atoms with Crippen molar-refractivity contribution in [3.63, 3.8) is 0 Å². The number of ether oxygens (including phenoxy) is 1. The highest BCUT2D eigenvalue weighted by Gasteiger charge is 2.08. The molecule has 1 aromatic rings. The molecule has 1 atom stereocenters. The highest BCUT2D eigenvalue weighted by atomic mass is 16.5. The van der Waals surface area contributed by atoms with Gasteiger partial charge in [-0.1, -0.05) is 0 Å². The van der Waals surface area contributed by atoms with Crippen molar-refractivity contribution in [1.29, 1.82) is 0 Å². The first kappa shape index (κ1) is 10.1. The Morgan fingerprint density at radius 1 is 1.54 bits per heavy atom. The fourth-order valence-corrected chi connectivity index (χ4v) is 1.05. The van der Waals surface area contributed by atoms with Crippen LogP contribution in [0.5, 0.6) is 0 Å². The van der Waals surface area contributed by atoms with E-state index in [0.29, 0.717) is 12.4 Å². The van der Waals surface area contributed by atoms with E-state index in [1.165, 1.54) is 0 Å². The van der Waals surface area contributed by atoms with Gasteiger partial charge in [-0.15, -0.1) is 0 Å². The minimum absolute atomic E-state index is 0.0785. The number of nitrogens with zero attached hydrogens (tertiary/aromatic N) is 2. The molecule has 0 aliphatic carbocycles. The highest BCUT2D eigenvalue weighted by Crippen LogP contribution is 2.11. The predicted octanol–water partition coefficient (Wildman–Crippen LogP) is 0.951. The van der Waals surface area contributed by atoms with E-state index in [-0.39, 0.29) is 6.10 Å². The van der Waals surface area contributed by atoms with Crippen LogP contribution in [-0.4, -0.2) is 17.1 Å². The molecule has 0 aromatic carbocycles. The van der Waals surface area contributed by atoms with Crippen LogP contribution in [0.15, 0.2) is 6.07 Å². The van der Waals surface area contributed by atoms with Crippen LogP contribution in [0.25, 0.3) is 0 Å². The summed E-state index contributed by atoms with van der Waals surface area (Å²) in [5.74, 6) is 0.697. The predicted molar refractivity (Wildman–Crippen MR) is 50.1 cm³/mol. The average Bonchev–Trinajstić information content (AvgIpc) is 2.15. The number of hydrogen-bond acceptors (Lipinski definition) is 4. The summed E-state index contributed by atoms with van der Waals surface area (Å²) in [5, 5.41) is 0. The van der Waals surface area contributed by atoms with Gasteiger partial charge in [0.15, 0.2) is 5.82 Å². The van der Waals surface area contributed by atoms with Crippen molar-refractivity contribution in [3.8, 4) is 0 Å². The van der Waals surface area contributed by atoms with Gasteiger partial charge in [-0.2, -0.15) is 0 Å². The molecule has 0 radical (unpaired) electrons. The molecule has 0 saturated carbocycles. The van der Waals surface area contributed by atoms with E-state index in [4.69, 9.17) is 10.5 Å². The third-order valence-corrected chi connectivity index (χ3v) is 1.85. The zero-order chi connectivity index (χ0) is 9.84. The Balaban J connectivity index is 3.01. The zero-order valence-corrected chi connectivity index (χ0v) is 8.24. The molecule has 0 amide bonds. The summed E-state index contributed by atoms with van der Waals surface area (Å²) < 4.78 is 5.12. The van der Waals surface area contributed by atoms with Gasteiger partial charge in [-0.3, -0.25) is 0 Å². The van der Waals surface area contributed by atoms with E-state index >= 15 is 0 Å². The third-order valence-electron chi connectivity index (χ3n) is 1.85. The molecule has 4 nitrogen and oxygen atoms in total. The Kier molecular flexibility index (Phi) is 3.33. The molecule has 72 valence electrons. The number of nitrogens with two attached hydrogens (primary N) is 1. The van der Waals surface area contributed by atoms with Crippen molar-refractivity contribution >= 4 is 0 Å². The van der Waals surface area contributed by atoms with Crippen LogP contribution in [0.3, 0.4) is 0 Å². The molecule has 1 aromatic heterocycles. The lowest BCUT2D eigenvalue weighted by Gasteiger charge is -2.09. The lowest BCUT2D eigenvalue weighted by Crippen LogP contribution is -2.09. The first-order valence-electron chi connectivity index (χ1n) is 4.24. The van der Waals surface area contributed by atoms with Crippen molar-refractivity contribution < 1.29 is 4.74 Å². The second kappa shape index (κ2) is 4.30. The second-order valence-electron chi connectivity index (χ2n) is 2.94.